The van der Waals surface area contributed by atoms with Gasteiger partial charge in [-0.15, -0.1) is 0 Å². The first-order valence-electron chi connectivity index (χ1n) is 11.4. The molecular formula is C28H20Cl4N2O4S. The number of nitrogens with one attached hydrogen (secondary N) is 2. The van der Waals surface area contributed by atoms with E-state index in [1.807, 2.05) is 12.1 Å². The topological polar surface area (TPSA) is 92.3 Å². The van der Waals surface area contributed by atoms with Crippen LogP contribution in [0.4, 0.5) is 11.4 Å². The molecule has 0 saturated carbocycles. The van der Waals surface area contributed by atoms with E-state index in [4.69, 9.17) is 46.4 Å². The Hall–Kier alpha value is -3.07. The lowest BCUT2D eigenvalue weighted by molar-refractivity contribution is -0.115. The molecule has 0 aromatic heterocycles. The van der Waals surface area contributed by atoms with E-state index in [-0.39, 0.29) is 9.79 Å². The molecule has 0 aliphatic rings. The average Bonchev–Trinajstić information content (AvgIpc) is 2.93. The molecule has 4 aromatic rings. The van der Waals surface area contributed by atoms with Gasteiger partial charge in [-0.3, -0.25) is 9.59 Å². The van der Waals surface area contributed by atoms with Crippen LogP contribution in [0.2, 0.25) is 0 Å². The molecule has 0 aliphatic carbocycles. The largest absolute Gasteiger partial charge is 0.324 e. The van der Waals surface area contributed by atoms with Gasteiger partial charge in [0, 0.05) is 11.4 Å². The number of carbonyl (C=O) groups is 2. The third-order valence-electron chi connectivity index (χ3n) is 5.65. The predicted octanol–water partition coefficient (Wildman–Crippen LogP) is 7.34. The number of carbonyl (C=O) groups excluding carboxylic acids is 2. The highest BCUT2D eigenvalue weighted by molar-refractivity contribution is 7.91. The Bertz CT molecular complexity index is 1490. The predicted molar refractivity (Wildman–Crippen MR) is 157 cm³/mol. The summed E-state index contributed by atoms with van der Waals surface area (Å²) in [6, 6.07) is 26.9. The number of amides is 2. The van der Waals surface area contributed by atoms with Gasteiger partial charge in [-0.1, -0.05) is 94.9 Å². The summed E-state index contributed by atoms with van der Waals surface area (Å²) in [4.78, 5) is 21.4. The van der Waals surface area contributed by atoms with Gasteiger partial charge >= 0.3 is 0 Å². The van der Waals surface area contributed by atoms with Gasteiger partial charge < -0.3 is 10.6 Å². The van der Waals surface area contributed by atoms with Gasteiger partial charge in [0.25, 0.3) is 11.8 Å². The molecule has 0 atom stereocenters. The lowest BCUT2D eigenvalue weighted by Gasteiger charge is -2.10. The monoisotopic (exact) mass is 620 g/mol. The van der Waals surface area contributed by atoms with Crippen molar-refractivity contribution in [3.8, 4) is 22.3 Å². The van der Waals surface area contributed by atoms with Crippen LogP contribution < -0.4 is 10.6 Å². The number of sulfone groups is 1. The molecule has 4 aromatic carbocycles. The van der Waals surface area contributed by atoms with Gasteiger partial charge in [0.2, 0.25) is 9.84 Å². The Kier molecular flexibility index (Phi) is 9.20. The van der Waals surface area contributed by atoms with Crippen molar-refractivity contribution in [3.63, 3.8) is 0 Å². The highest BCUT2D eigenvalue weighted by Crippen LogP contribution is 2.29. The second-order valence-electron chi connectivity index (χ2n) is 8.29. The number of hydrogen-bond donors (Lipinski definition) is 2. The first kappa shape index (κ1) is 28.9. The van der Waals surface area contributed by atoms with Crippen LogP contribution in [-0.4, -0.2) is 29.9 Å². The fourth-order valence-corrected chi connectivity index (χ4v) is 5.21. The van der Waals surface area contributed by atoms with Gasteiger partial charge in [0.1, 0.15) is 0 Å². The number of hydrogen-bond acceptors (Lipinski definition) is 4. The van der Waals surface area contributed by atoms with Crippen molar-refractivity contribution in [2.45, 2.75) is 19.5 Å². The zero-order valence-corrected chi connectivity index (χ0v) is 23.8. The number of rotatable bonds is 8. The number of benzene rings is 4. The van der Waals surface area contributed by atoms with Crippen LogP contribution in [0.1, 0.15) is 0 Å². The molecule has 2 N–H and O–H groups in total. The van der Waals surface area contributed by atoms with E-state index in [1.54, 1.807) is 60.7 Å². The van der Waals surface area contributed by atoms with Crippen molar-refractivity contribution in [2.75, 3.05) is 10.6 Å². The van der Waals surface area contributed by atoms with Crippen molar-refractivity contribution in [2.24, 2.45) is 0 Å². The quantitative estimate of drug-likeness (QED) is 0.201. The van der Waals surface area contributed by atoms with Gasteiger partial charge in [-0.2, -0.15) is 0 Å². The van der Waals surface area contributed by atoms with Crippen LogP contribution >= 0.6 is 46.4 Å². The van der Waals surface area contributed by atoms with Crippen LogP contribution in [0.25, 0.3) is 22.3 Å². The molecule has 6 nitrogen and oxygen atoms in total. The molecular weight excluding hydrogens is 602 g/mol. The Morgan fingerprint density at radius 2 is 0.897 bits per heavy atom. The van der Waals surface area contributed by atoms with E-state index in [0.717, 1.165) is 22.3 Å². The Labute approximate surface area is 245 Å². The second-order valence-corrected chi connectivity index (χ2v) is 12.4. The van der Waals surface area contributed by atoms with E-state index < -0.39 is 31.3 Å². The first-order chi connectivity index (χ1) is 18.5. The van der Waals surface area contributed by atoms with Crippen LogP contribution in [0.3, 0.4) is 0 Å². The minimum absolute atomic E-state index is 0.136. The Morgan fingerprint density at radius 1 is 0.538 bits per heavy atom. The highest BCUT2D eigenvalue weighted by Gasteiger charge is 2.18. The molecule has 0 aliphatic heterocycles. The molecule has 2 amide bonds. The zero-order chi connectivity index (χ0) is 28.2. The fraction of sp³-hybridized carbons (Fsp3) is 0.0714. The molecule has 200 valence electrons. The smallest absolute Gasteiger partial charge is 0.257 e. The molecule has 0 unspecified atom stereocenters. The van der Waals surface area contributed by atoms with Crippen LogP contribution in [0, 0.1) is 0 Å². The summed E-state index contributed by atoms with van der Waals surface area (Å²) < 4.78 is 26.5. The van der Waals surface area contributed by atoms with Crippen LogP contribution in [0.5, 0.6) is 0 Å². The lowest BCUT2D eigenvalue weighted by Crippen LogP contribution is -2.18. The molecule has 11 heteroatoms. The summed E-state index contributed by atoms with van der Waals surface area (Å²) in [6.45, 7) is 0. The minimum Gasteiger partial charge on any atom is -0.324 e. The summed E-state index contributed by atoms with van der Waals surface area (Å²) >= 11 is 22.4. The summed E-state index contributed by atoms with van der Waals surface area (Å²) in [5.41, 5.74) is 4.08. The van der Waals surface area contributed by atoms with E-state index in [2.05, 4.69) is 10.6 Å². The average molecular weight is 622 g/mol. The van der Waals surface area contributed by atoms with Crippen molar-refractivity contribution >= 4 is 79.4 Å². The molecule has 0 fully saturated rings. The highest BCUT2D eigenvalue weighted by atomic mass is 35.5. The van der Waals surface area contributed by atoms with E-state index >= 15 is 0 Å². The molecule has 0 bridgehead atoms. The van der Waals surface area contributed by atoms with E-state index in [9.17, 15) is 18.0 Å². The zero-order valence-electron chi connectivity index (χ0n) is 19.9. The normalized spacial score (nSPS) is 11.4. The van der Waals surface area contributed by atoms with Crippen molar-refractivity contribution in [1.82, 2.24) is 0 Å². The molecule has 0 radical (unpaired) electrons. The van der Waals surface area contributed by atoms with Gasteiger partial charge in [0.05, 0.1) is 9.79 Å². The van der Waals surface area contributed by atoms with Gasteiger partial charge in [-0.25, -0.2) is 8.42 Å². The maximum atomic E-state index is 13.3. The second kappa shape index (κ2) is 12.4. The molecule has 4 rings (SSSR count). The molecule has 0 spiro atoms. The SMILES string of the molecule is O=C(Nc1cccc(-c2ccc(S(=O)(=O)c3ccc(-c4cccc(NC(=O)C(Cl)Cl)c4)cc3)cc2)c1)C(Cl)Cl. The van der Waals surface area contributed by atoms with Crippen molar-refractivity contribution in [1.29, 1.82) is 0 Å². The summed E-state index contributed by atoms with van der Waals surface area (Å²) in [6.07, 6.45) is 0. The first-order valence-corrected chi connectivity index (χ1v) is 14.6. The minimum atomic E-state index is -3.78. The maximum Gasteiger partial charge on any atom is 0.257 e. The maximum absolute atomic E-state index is 13.3. The number of alkyl halides is 4. The van der Waals surface area contributed by atoms with Crippen molar-refractivity contribution < 1.29 is 18.0 Å². The van der Waals surface area contributed by atoms with Gasteiger partial charge in [0.15, 0.2) is 9.67 Å². The molecule has 39 heavy (non-hydrogen) atoms. The molecule has 0 heterocycles. The number of anilines is 2. The Balaban J connectivity index is 1.52. The van der Waals surface area contributed by atoms with Crippen molar-refractivity contribution in [3.05, 3.63) is 97.1 Å². The fourth-order valence-electron chi connectivity index (χ4n) is 3.74. The number of halogens is 4. The third kappa shape index (κ3) is 7.12. The lowest BCUT2D eigenvalue weighted by atomic mass is 10.1. The van der Waals surface area contributed by atoms with E-state index in [0.29, 0.717) is 11.4 Å². The van der Waals surface area contributed by atoms with E-state index in [1.165, 1.54) is 24.3 Å². The summed E-state index contributed by atoms with van der Waals surface area (Å²) in [5, 5.41) is 5.23. The van der Waals surface area contributed by atoms with Crippen LogP contribution in [-0.2, 0) is 19.4 Å². The third-order valence-corrected chi connectivity index (χ3v) is 8.23. The standard InChI is InChI=1S/C28H20Cl4N2O4S/c29-25(30)27(35)33-21-5-1-3-19(15-21)17-7-11-23(12-8-17)39(37,38)24-13-9-18(10-14-24)20-4-2-6-22(16-20)34-28(36)26(31)32/h1-16,25-26H,(H,33,35)(H,34,36). The van der Waals surface area contributed by atoms with Crippen LogP contribution in [0.15, 0.2) is 107 Å². The Morgan fingerprint density at radius 3 is 1.23 bits per heavy atom. The molecule has 0 saturated heterocycles. The van der Waals surface area contributed by atoms with Gasteiger partial charge in [-0.05, 0) is 70.8 Å². The summed E-state index contributed by atoms with van der Waals surface area (Å²) in [7, 11) is -3.78. The summed E-state index contributed by atoms with van der Waals surface area (Å²) in [5.74, 6) is -1.09.